The van der Waals surface area contributed by atoms with Crippen LogP contribution < -0.4 is 0 Å². The first kappa shape index (κ1) is 11.8. The van der Waals surface area contributed by atoms with E-state index < -0.39 is 11.7 Å². The molecule has 0 radical (unpaired) electrons. The van der Waals surface area contributed by atoms with Gasteiger partial charge in [0.15, 0.2) is 0 Å². The summed E-state index contributed by atoms with van der Waals surface area (Å²) in [7, 11) is 0. The maximum atomic E-state index is 6.08. The van der Waals surface area contributed by atoms with E-state index in [0.29, 0.717) is 0 Å². The van der Waals surface area contributed by atoms with Gasteiger partial charge in [0.1, 0.15) is 0 Å². The van der Waals surface area contributed by atoms with Gasteiger partial charge in [0.2, 0.25) is 0 Å². The van der Waals surface area contributed by atoms with Crippen LogP contribution >= 0.6 is 0 Å². The summed E-state index contributed by atoms with van der Waals surface area (Å²) in [5.41, 5.74) is 2.44. The summed E-state index contributed by atoms with van der Waals surface area (Å²) in [6.45, 7) is 1.89. The molecule has 2 aromatic rings. The van der Waals surface area contributed by atoms with Gasteiger partial charge < -0.3 is 0 Å². The first-order chi connectivity index (χ1) is 9.75. The summed E-state index contributed by atoms with van der Waals surface area (Å²) < 4.78 is 6.08. The average Bonchev–Trinajstić information content (AvgIpc) is 3.04. The second-order valence-corrected chi connectivity index (χ2v) is 4.90. The zero-order chi connectivity index (χ0) is 13.6. The highest BCUT2D eigenvalue weighted by atomic mass is 17.3. The van der Waals surface area contributed by atoms with Crippen LogP contribution in [0.2, 0.25) is 0 Å². The van der Waals surface area contributed by atoms with E-state index >= 15 is 0 Å². The molecule has 2 atom stereocenters. The molecule has 2 unspecified atom stereocenters. The number of hydrogen-bond donors (Lipinski definition) is 0. The third kappa shape index (κ3) is 1.44. The molecule has 0 saturated carbocycles. The molecule has 1 fully saturated rings. The van der Waals surface area contributed by atoms with Crippen LogP contribution in [0.4, 0.5) is 0 Å². The van der Waals surface area contributed by atoms with Crippen molar-refractivity contribution in [2.45, 2.75) is 18.6 Å². The normalized spacial score (nSPS) is 31.4. The quantitative estimate of drug-likeness (QED) is 0.785. The molecule has 2 aromatic carbocycles. The Morgan fingerprint density at radius 3 is 2.00 bits per heavy atom. The second kappa shape index (κ2) is 3.99. The van der Waals surface area contributed by atoms with Gasteiger partial charge in [-0.05, 0) is 6.92 Å². The van der Waals surface area contributed by atoms with Gasteiger partial charge >= 0.3 is 5.91 Å². The Balaban J connectivity index is 1.81. The van der Waals surface area contributed by atoms with E-state index in [4.69, 9.17) is 14.5 Å². The van der Waals surface area contributed by atoms with Crippen molar-refractivity contribution in [2.75, 3.05) is 0 Å². The maximum absolute atomic E-state index is 6.08. The molecule has 0 aromatic heterocycles. The molecule has 0 N–H and O–H groups in total. The lowest BCUT2D eigenvalue weighted by molar-refractivity contribution is -0.352. The predicted octanol–water partition coefficient (Wildman–Crippen LogP) is 3.10. The van der Waals surface area contributed by atoms with Crippen molar-refractivity contribution in [2.24, 2.45) is 4.99 Å². The van der Waals surface area contributed by atoms with Crippen molar-refractivity contribution in [1.29, 1.82) is 0 Å². The lowest BCUT2D eigenvalue weighted by Gasteiger charge is -2.21. The van der Waals surface area contributed by atoms with Gasteiger partial charge in [0.05, 0.1) is 5.71 Å². The average molecular weight is 267 g/mol. The number of aliphatic imine (C=N–C) groups is 1. The lowest BCUT2D eigenvalue weighted by Crippen LogP contribution is -2.33. The summed E-state index contributed by atoms with van der Waals surface area (Å²) in [5, 5.41) is 0. The lowest BCUT2D eigenvalue weighted by atomic mass is 10.0. The molecule has 4 nitrogen and oxygen atoms in total. The number of benzene rings is 2. The van der Waals surface area contributed by atoms with Gasteiger partial charge in [-0.2, -0.15) is 9.78 Å². The Morgan fingerprint density at radius 2 is 1.40 bits per heavy atom. The highest BCUT2D eigenvalue weighted by Crippen LogP contribution is 2.52. The second-order valence-electron chi connectivity index (χ2n) is 4.90. The summed E-state index contributed by atoms with van der Waals surface area (Å²) in [5.74, 6) is -2.24. The SMILES string of the molecule is CC1=NC2(c3ccccc3)OOC1(c1ccccc1)O2. The molecule has 4 heteroatoms. The van der Waals surface area contributed by atoms with E-state index in [1.165, 1.54) is 0 Å². The van der Waals surface area contributed by atoms with Crippen LogP contribution in [0.1, 0.15) is 18.1 Å². The molecule has 0 amide bonds. The van der Waals surface area contributed by atoms with Crippen LogP contribution in [0.3, 0.4) is 0 Å². The third-order valence-corrected chi connectivity index (χ3v) is 3.64. The van der Waals surface area contributed by atoms with Crippen molar-refractivity contribution in [3.05, 3.63) is 71.8 Å². The van der Waals surface area contributed by atoms with E-state index in [-0.39, 0.29) is 0 Å². The summed E-state index contributed by atoms with van der Waals surface area (Å²) in [4.78, 5) is 15.5. The van der Waals surface area contributed by atoms with Gasteiger partial charge in [0, 0.05) is 11.1 Å². The van der Waals surface area contributed by atoms with E-state index in [1.54, 1.807) is 0 Å². The Labute approximate surface area is 116 Å². The fraction of sp³-hybridized carbons (Fsp3) is 0.188. The number of rotatable bonds is 2. The van der Waals surface area contributed by atoms with E-state index in [2.05, 4.69) is 4.99 Å². The number of ether oxygens (including phenoxy) is 1. The van der Waals surface area contributed by atoms with Crippen molar-refractivity contribution >= 4 is 5.71 Å². The largest absolute Gasteiger partial charge is 0.329 e. The standard InChI is InChI=1S/C16H13NO3/c1-12-15(13-8-4-2-5-9-13)18-16(17-12,20-19-15)14-10-6-3-7-11-14/h2-11H,1H3. The predicted molar refractivity (Wildman–Crippen MR) is 72.6 cm³/mol. The summed E-state index contributed by atoms with van der Waals surface area (Å²) in [6.07, 6.45) is 0. The smallest absolute Gasteiger partial charge is 0.280 e. The monoisotopic (exact) mass is 267 g/mol. The summed E-state index contributed by atoms with van der Waals surface area (Å²) in [6, 6.07) is 19.3. The van der Waals surface area contributed by atoms with Crippen LogP contribution in [0.5, 0.6) is 0 Å². The number of hydrogen-bond acceptors (Lipinski definition) is 4. The van der Waals surface area contributed by atoms with Crippen molar-refractivity contribution in [1.82, 2.24) is 0 Å². The van der Waals surface area contributed by atoms with Crippen LogP contribution in [0.25, 0.3) is 0 Å². The third-order valence-electron chi connectivity index (χ3n) is 3.64. The van der Waals surface area contributed by atoms with Gasteiger partial charge in [-0.3, -0.25) is 4.74 Å². The molecule has 0 aliphatic carbocycles. The van der Waals surface area contributed by atoms with Crippen LogP contribution in [0.15, 0.2) is 65.7 Å². The zero-order valence-electron chi connectivity index (χ0n) is 10.9. The molecule has 2 aliphatic heterocycles. The van der Waals surface area contributed by atoms with Crippen molar-refractivity contribution in [3.63, 3.8) is 0 Å². The van der Waals surface area contributed by atoms with Gasteiger partial charge in [0.25, 0.3) is 5.79 Å². The van der Waals surface area contributed by atoms with Gasteiger partial charge in [-0.15, -0.1) is 0 Å². The molecule has 1 saturated heterocycles. The molecule has 2 aliphatic rings. The van der Waals surface area contributed by atoms with E-state index in [9.17, 15) is 0 Å². The van der Waals surface area contributed by atoms with Crippen molar-refractivity contribution in [3.8, 4) is 0 Å². The maximum Gasteiger partial charge on any atom is 0.329 e. The minimum atomic E-state index is -1.19. The van der Waals surface area contributed by atoms with Crippen LogP contribution in [-0.2, 0) is 26.2 Å². The Bertz CT molecular complexity index is 671. The first-order valence-electron chi connectivity index (χ1n) is 6.50. The topological polar surface area (TPSA) is 40.0 Å². The Hall–Kier alpha value is -2.01. The molecular formula is C16H13NO3. The molecule has 20 heavy (non-hydrogen) atoms. The molecular weight excluding hydrogens is 254 g/mol. The van der Waals surface area contributed by atoms with E-state index in [0.717, 1.165) is 16.8 Å². The van der Waals surface area contributed by atoms with Gasteiger partial charge in [-0.1, -0.05) is 60.7 Å². The van der Waals surface area contributed by atoms with Crippen LogP contribution in [0, 0.1) is 0 Å². The van der Waals surface area contributed by atoms with Crippen molar-refractivity contribution < 1.29 is 14.5 Å². The van der Waals surface area contributed by atoms with E-state index in [1.807, 2.05) is 67.6 Å². The fourth-order valence-corrected chi connectivity index (χ4v) is 2.61. The Morgan fingerprint density at radius 1 is 0.800 bits per heavy atom. The molecule has 2 heterocycles. The molecule has 4 rings (SSSR count). The minimum Gasteiger partial charge on any atom is -0.280 e. The number of nitrogens with zero attached hydrogens (tertiary/aromatic N) is 1. The molecule has 0 spiro atoms. The Kier molecular flexibility index (Phi) is 2.35. The number of fused-ring (bicyclic) bond motifs is 2. The first-order valence-corrected chi connectivity index (χ1v) is 6.50. The van der Waals surface area contributed by atoms with Gasteiger partial charge in [-0.25, -0.2) is 4.99 Å². The fourth-order valence-electron chi connectivity index (χ4n) is 2.61. The molecule has 2 bridgehead atoms. The zero-order valence-corrected chi connectivity index (χ0v) is 10.9. The molecule has 100 valence electrons. The highest BCUT2D eigenvalue weighted by Gasteiger charge is 2.62. The minimum absolute atomic E-state index is 0.749. The summed E-state index contributed by atoms with van der Waals surface area (Å²) >= 11 is 0. The highest BCUT2D eigenvalue weighted by molar-refractivity contribution is 5.92. The van der Waals surface area contributed by atoms with Crippen LogP contribution in [-0.4, -0.2) is 5.71 Å².